The number of aromatic nitrogens is 1. The van der Waals surface area contributed by atoms with Gasteiger partial charge in [0.25, 0.3) is 0 Å². The van der Waals surface area contributed by atoms with E-state index in [1.807, 2.05) is 30.5 Å². The number of nitrogen functional groups attached to an aromatic ring is 1. The van der Waals surface area contributed by atoms with E-state index in [9.17, 15) is 4.79 Å². The summed E-state index contributed by atoms with van der Waals surface area (Å²) in [5.41, 5.74) is 10.4. The van der Waals surface area contributed by atoms with Crippen LogP contribution >= 0.6 is 0 Å². The molecule has 2 aromatic heterocycles. The molecular formula is C23H26N4O3. The number of aryl methyl sites for hydroxylation is 1. The van der Waals surface area contributed by atoms with E-state index in [-0.39, 0.29) is 19.1 Å². The molecule has 0 aliphatic rings. The first kappa shape index (κ1) is 20.0. The Morgan fingerprint density at radius 1 is 1.13 bits per heavy atom. The topological polar surface area (TPSA) is 116 Å². The van der Waals surface area contributed by atoms with Gasteiger partial charge in [-0.15, -0.1) is 0 Å². The van der Waals surface area contributed by atoms with Gasteiger partial charge in [-0.2, -0.15) is 0 Å². The summed E-state index contributed by atoms with van der Waals surface area (Å²) in [6, 6.07) is 13.1. The average Bonchev–Trinajstić information content (AvgIpc) is 3.33. The van der Waals surface area contributed by atoms with E-state index in [0.717, 1.165) is 42.4 Å². The van der Waals surface area contributed by atoms with Crippen molar-refractivity contribution in [3.63, 3.8) is 0 Å². The van der Waals surface area contributed by atoms with Crippen molar-refractivity contribution in [3.05, 3.63) is 60.0 Å². The Labute approximate surface area is 174 Å². The number of anilines is 2. The van der Waals surface area contributed by atoms with Crippen LogP contribution in [-0.4, -0.2) is 29.1 Å². The second kappa shape index (κ2) is 9.02. The van der Waals surface area contributed by atoms with E-state index in [4.69, 9.17) is 15.3 Å². The van der Waals surface area contributed by atoms with Crippen molar-refractivity contribution in [2.45, 2.75) is 25.9 Å². The third-order valence-electron chi connectivity index (χ3n) is 5.13. The molecule has 7 nitrogen and oxygen atoms in total. The molecule has 0 radical (unpaired) electrons. The molecule has 4 aromatic rings. The average molecular weight is 406 g/mol. The number of furan rings is 1. The molecule has 0 saturated heterocycles. The third-order valence-corrected chi connectivity index (χ3v) is 5.13. The molecule has 0 spiro atoms. The maximum Gasteiger partial charge on any atom is 0.238 e. The number of benzene rings is 2. The first-order valence-electron chi connectivity index (χ1n) is 10.1. The van der Waals surface area contributed by atoms with Gasteiger partial charge < -0.3 is 30.9 Å². The van der Waals surface area contributed by atoms with E-state index >= 15 is 0 Å². The molecule has 0 atom stereocenters. The summed E-state index contributed by atoms with van der Waals surface area (Å²) in [6.45, 7) is 0.891. The molecule has 156 valence electrons. The molecule has 0 saturated carbocycles. The van der Waals surface area contributed by atoms with Crippen molar-refractivity contribution in [2.75, 3.05) is 24.1 Å². The minimum absolute atomic E-state index is 0.0904. The zero-order valence-electron chi connectivity index (χ0n) is 16.7. The van der Waals surface area contributed by atoms with Crippen LogP contribution in [0.15, 0.2) is 53.1 Å². The minimum Gasteiger partial charge on any atom is -0.459 e. The van der Waals surface area contributed by atoms with E-state index < -0.39 is 0 Å². The summed E-state index contributed by atoms with van der Waals surface area (Å²) in [4.78, 5) is 15.4. The molecule has 2 aromatic carbocycles. The van der Waals surface area contributed by atoms with Crippen LogP contribution in [0, 0.1) is 0 Å². The monoisotopic (exact) mass is 406 g/mol. The highest BCUT2D eigenvalue weighted by Crippen LogP contribution is 2.23. The van der Waals surface area contributed by atoms with E-state index in [1.54, 1.807) is 18.2 Å². The SMILES string of the molecule is Nc1ccc2[nH]cc(CCCCNCC(=O)Nc3ccc4oc(CO)cc4c3)c2c1. The van der Waals surface area contributed by atoms with Crippen LogP contribution in [0.25, 0.3) is 21.9 Å². The van der Waals surface area contributed by atoms with Gasteiger partial charge in [0, 0.05) is 33.9 Å². The van der Waals surface area contributed by atoms with Gasteiger partial charge in [0.2, 0.25) is 5.91 Å². The molecule has 0 fully saturated rings. The number of rotatable bonds is 9. The van der Waals surface area contributed by atoms with Crippen molar-refractivity contribution in [3.8, 4) is 0 Å². The summed E-state index contributed by atoms with van der Waals surface area (Å²) in [5, 5.41) is 17.2. The lowest BCUT2D eigenvalue weighted by Gasteiger charge is -2.07. The predicted molar refractivity (Wildman–Crippen MR) is 119 cm³/mol. The molecule has 7 heteroatoms. The lowest BCUT2D eigenvalue weighted by Crippen LogP contribution is -2.28. The Kier molecular flexibility index (Phi) is 6.02. The molecular weight excluding hydrogens is 380 g/mol. The number of aliphatic hydroxyl groups excluding tert-OH is 1. The molecule has 4 rings (SSSR count). The molecule has 6 N–H and O–H groups in total. The lowest BCUT2D eigenvalue weighted by atomic mass is 10.1. The second-order valence-electron chi connectivity index (χ2n) is 7.42. The first-order valence-corrected chi connectivity index (χ1v) is 10.1. The van der Waals surface area contributed by atoms with Gasteiger partial charge in [0.15, 0.2) is 0 Å². The van der Waals surface area contributed by atoms with Crippen molar-refractivity contribution < 1.29 is 14.3 Å². The van der Waals surface area contributed by atoms with Crippen LogP contribution in [0.2, 0.25) is 0 Å². The number of unbranched alkanes of at least 4 members (excludes halogenated alkanes) is 1. The fourth-order valence-electron chi connectivity index (χ4n) is 3.63. The van der Waals surface area contributed by atoms with Crippen LogP contribution in [0.4, 0.5) is 11.4 Å². The lowest BCUT2D eigenvalue weighted by molar-refractivity contribution is -0.115. The minimum atomic E-state index is -0.144. The number of aromatic amines is 1. The summed E-state index contributed by atoms with van der Waals surface area (Å²) in [6.07, 6.45) is 5.02. The van der Waals surface area contributed by atoms with E-state index in [2.05, 4.69) is 15.6 Å². The number of carbonyl (C=O) groups is 1. The number of hydrogen-bond acceptors (Lipinski definition) is 5. The Hall–Kier alpha value is -3.29. The zero-order chi connectivity index (χ0) is 20.9. The van der Waals surface area contributed by atoms with Crippen molar-refractivity contribution in [1.82, 2.24) is 10.3 Å². The van der Waals surface area contributed by atoms with Gasteiger partial charge >= 0.3 is 0 Å². The Bertz CT molecular complexity index is 1160. The molecule has 30 heavy (non-hydrogen) atoms. The number of fused-ring (bicyclic) bond motifs is 2. The predicted octanol–water partition coefficient (Wildman–Crippen LogP) is 3.54. The molecule has 1 amide bonds. The molecule has 0 unspecified atom stereocenters. The van der Waals surface area contributed by atoms with Gasteiger partial charge in [-0.3, -0.25) is 4.79 Å². The number of nitrogens with two attached hydrogens (primary N) is 1. The quantitative estimate of drug-likeness (QED) is 0.215. The van der Waals surface area contributed by atoms with Gasteiger partial charge in [-0.1, -0.05) is 0 Å². The summed E-state index contributed by atoms with van der Waals surface area (Å²) in [5.74, 6) is 0.415. The Morgan fingerprint density at radius 3 is 2.90 bits per heavy atom. The van der Waals surface area contributed by atoms with Gasteiger partial charge in [-0.05, 0) is 73.8 Å². The van der Waals surface area contributed by atoms with Crippen molar-refractivity contribution in [2.24, 2.45) is 0 Å². The third kappa shape index (κ3) is 4.64. The molecule has 0 bridgehead atoms. The van der Waals surface area contributed by atoms with Crippen molar-refractivity contribution >= 4 is 39.2 Å². The van der Waals surface area contributed by atoms with Gasteiger partial charge in [0.05, 0.1) is 6.54 Å². The number of nitrogens with one attached hydrogen (secondary N) is 3. The van der Waals surface area contributed by atoms with E-state index in [0.29, 0.717) is 17.0 Å². The van der Waals surface area contributed by atoms with Crippen LogP contribution in [0.5, 0.6) is 0 Å². The summed E-state index contributed by atoms with van der Waals surface area (Å²) >= 11 is 0. The largest absolute Gasteiger partial charge is 0.459 e. The summed E-state index contributed by atoms with van der Waals surface area (Å²) in [7, 11) is 0. The maximum atomic E-state index is 12.2. The standard InChI is InChI=1S/C23H26N4O3/c24-17-4-6-21-20(11-17)15(12-26-21)3-1-2-8-25-13-23(29)27-18-5-7-22-16(9-18)10-19(14-28)30-22/h4-7,9-12,25-26,28H,1-3,8,13-14,24H2,(H,27,29). The fraction of sp³-hybridized carbons (Fsp3) is 0.261. The number of aliphatic hydroxyl groups is 1. The van der Waals surface area contributed by atoms with Crippen LogP contribution in [-0.2, 0) is 17.8 Å². The number of amides is 1. The Morgan fingerprint density at radius 2 is 2.03 bits per heavy atom. The summed E-state index contributed by atoms with van der Waals surface area (Å²) < 4.78 is 5.45. The number of H-pyrrole nitrogens is 1. The van der Waals surface area contributed by atoms with Gasteiger partial charge in [0.1, 0.15) is 18.0 Å². The number of hydrogen-bond donors (Lipinski definition) is 5. The fourth-order valence-corrected chi connectivity index (χ4v) is 3.63. The highest BCUT2D eigenvalue weighted by Gasteiger charge is 2.07. The number of carbonyl (C=O) groups excluding carboxylic acids is 1. The molecule has 0 aliphatic heterocycles. The highest BCUT2D eigenvalue weighted by molar-refractivity contribution is 5.94. The highest BCUT2D eigenvalue weighted by atomic mass is 16.4. The van der Waals surface area contributed by atoms with E-state index in [1.165, 1.54) is 10.9 Å². The van der Waals surface area contributed by atoms with Gasteiger partial charge in [-0.25, -0.2) is 0 Å². The van der Waals surface area contributed by atoms with Crippen LogP contribution in [0.3, 0.4) is 0 Å². The normalized spacial score (nSPS) is 11.4. The van der Waals surface area contributed by atoms with Crippen molar-refractivity contribution in [1.29, 1.82) is 0 Å². The van der Waals surface area contributed by atoms with Crippen LogP contribution < -0.4 is 16.4 Å². The Balaban J connectivity index is 1.18. The molecule has 2 heterocycles. The first-order chi connectivity index (χ1) is 14.6. The maximum absolute atomic E-state index is 12.2. The second-order valence-corrected chi connectivity index (χ2v) is 7.42. The zero-order valence-corrected chi connectivity index (χ0v) is 16.7. The van der Waals surface area contributed by atoms with Crippen LogP contribution in [0.1, 0.15) is 24.2 Å². The molecule has 0 aliphatic carbocycles. The smallest absolute Gasteiger partial charge is 0.238 e.